The first kappa shape index (κ1) is 14.5. The van der Waals surface area contributed by atoms with Crippen LogP contribution in [0.3, 0.4) is 0 Å². The quantitative estimate of drug-likeness (QED) is 0.767. The number of benzene rings is 1. The van der Waals surface area contributed by atoms with Crippen molar-refractivity contribution in [2.24, 2.45) is 5.73 Å². The zero-order chi connectivity index (χ0) is 13.9. The molecule has 1 aromatic carbocycles. The molecule has 0 radical (unpaired) electrons. The molecule has 0 heterocycles. The van der Waals surface area contributed by atoms with Gasteiger partial charge in [-0.2, -0.15) is 0 Å². The van der Waals surface area contributed by atoms with Crippen LogP contribution in [0.15, 0.2) is 23.1 Å². The Morgan fingerprint density at radius 1 is 1.33 bits per heavy atom. The normalized spacial score (nSPS) is 13.3. The SMILES string of the molecule is NCCC(C(=O)O)S(=O)(=O)c1ccc(F)c(F)c1. The van der Waals surface area contributed by atoms with Gasteiger partial charge in [-0.1, -0.05) is 0 Å². The number of nitrogens with two attached hydrogens (primary N) is 1. The van der Waals surface area contributed by atoms with Crippen molar-refractivity contribution in [1.82, 2.24) is 0 Å². The second-order valence-corrected chi connectivity index (χ2v) is 5.66. The van der Waals surface area contributed by atoms with Gasteiger partial charge in [0.25, 0.3) is 0 Å². The van der Waals surface area contributed by atoms with Crippen molar-refractivity contribution in [2.75, 3.05) is 6.54 Å². The lowest BCUT2D eigenvalue weighted by molar-refractivity contribution is -0.136. The minimum absolute atomic E-state index is 0.153. The predicted octanol–water partition coefficient (Wildman–Crippen LogP) is 0.540. The Bertz CT molecular complexity index is 559. The summed E-state index contributed by atoms with van der Waals surface area (Å²) in [6.45, 7) is -0.153. The van der Waals surface area contributed by atoms with Crippen LogP contribution in [-0.2, 0) is 14.6 Å². The lowest BCUT2D eigenvalue weighted by atomic mass is 10.3. The highest BCUT2D eigenvalue weighted by Crippen LogP contribution is 2.20. The minimum atomic E-state index is -4.29. The van der Waals surface area contributed by atoms with Gasteiger partial charge in [0.1, 0.15) is 0 Å². The lowest BCUT2D eigenvalue weighted by Gasteiger charge is -2.12. The third-order valence-electron chi connectivity index (χ3n) is 2.30. The summed E-state index contributed by atoms with van der Waals surface area (Å²) in [6, 6.07) is 1.90. The van der Waals surface area contributed by atoms with E-state index in [0.29, 0.717) is 12.1 Å². The van der Waals surface area contributed by atoms with Crippen molar-refractivity contribution in [3.8, 4) is 0 Å². The number of carboxylic acid groups (broad SMARTS) is 1. The summed E-state index contributed by atoms with van der Waals surface area (Å²) < 4.78 is 49.4. The molecule has 18 heavy (non-hydrogen) atoms. The summed E-state index contributed by atoms with van der Waals surface area (Å²) in [5, 5.41) is 7.05. The largest absolute Gasteiger partial charge is 0.480 e. The molecule has 0 spiro atoms. The average Bonchev–Trinajstić information content (AvgIpc) is 2.28. The highest BCUT2D eigenvalue weighted by Gasteiger charge is 2.33. The van der Waals surface area contributed by atoms with E-state index in [1.165, 1.54) is 0 Å². The molecule has 0 aliphatic rings. The van der Waals surface area contributed by atoms with Crippen molar-refractivity contribution >= 4 is 15.8 Å². The average molecular weight is 279 g/mol. The maximum absolute atomic E-state index is 12.9. The molecule has 100 valence electrons. The molecule has 0 saturated heterocycles. The number of hydrogen-bond acceptors (Lipinski definition) is 4. The molecule has 0 bridgehead atoms. The van der Waals surface area contributed by atoms with Crippen LogP contribution in [0, 0.1) is 11.6 Å². The van der Waals surface area contributed by atoms with Crippen LogP contribution in [0.25, 0.3) is 0 Å². The van der Waals surface area contributed by atoms with Gasteiger partial charge in [-0.15, -0.1) is 0 Å². The molecule has 3 N–H and O–H groups in total. The standard InChI is InChI=1S/C10H11F2NO4S/c11-7-2-1-6(5-8(7)12)18(16,17)9(3-4-13)10(14)15/h1-2,5,9H,3-4,13H2,(H,14,15). The van der Waals surface area contributed by atoms with E-state index in [9.17, 15) is 22.0 Å². The maximum atomic E-state index is 12.9. The summed E-state index contributed by atoms with van der Waals surface area (Å²) in [7, 11) is -4.29. The molecule has 0 amide bonds. The van der Waals surface area contributed by atoms with E-state index in [-0.39, 0.29) is 13.0 Å². The van der Waals surface area contributed by atoms with E-state index in [1.54, 1.807) is 0 Å². The Kier molecular flexibility index (Phi) is 4.36. The number of carbonyl (C=O) groups is 1. The first-order valence-electron chi connectivity index (χ1n) is 4.92. The van der Waals surface area contributed by atoms with Gasteiger partial charge in [0.2, 0.25) is 0 Å². The smallest absolute Gasteiger partial charge is 0.322 e. The number of halogens is 2. The van der Waals surface area contributed by atoms with Gasteiger partial charge in [-0.25, -0.2) is 17.2 Å². The number of sulfone groups is 1. The Morgan fingerprint density at radius 3 is 2.39 bits per heavy atom. The molecule has 8 heteroatoms. The van der Waals surface area contributed by atoms with Crippen LogP contribution < -0.4 is 5.73 Å². The van der Waals surface area contributed by atoms with Gasteiger partial charge in [-0.05, 0) is 31.2 Å². The molecule has 1 rings (SSSR count). The van der Waals surface area contributed by atoms with Crippen molar-refractivity contribution in [3.05, 3.63) is 29.8 Å². The fourth-order valence-electron chi connectivity index (χ4n) is 1.38. The molecule has 0 aliphatic carbocycles. The molecule has 0 saturated carbocycles. The van der Waals surface area contributed by atoms with Gasteiger partial charge in [0.15, 0.2) is 26.7 Å². The van der Waals surface area contributed by atoms with Gasteiger partial charge >= 0.3 is 5.97 Å². The third-order valence-corrected chi connectivity index (χ3v) is 4.40. The van der Waals surface area contributed by atoms with Crippen LogP contribution in [-0.4, -0.2) is 31.3 Å². The van der Waals surface area contributed by atoms with Crippen LogP contribution >= 0.6 is 0 Å². The van der Waals surface area contributed by atoms with E-state index in [2.05, 4.69) is 0 Å². The molecular formula is C10H11F2NO4S. The minimum Gasteiger partial charge on any atom is -0.480 e. The van der Waals surface area contributed by atoms with Gasteiger partial charge < -0.3 is 10.8 Å². The van der Waals surface area contributed by atoms with Crippen molar-refractivity contribution in [2.45, 2.75) is 16.6 Å². The van der Waals surface area contributed by atoms with Crippen LogP contribution in [0.5, 0.6) is 0 Å². The molecule has 5 nitrogen and oxygen atoms in total. The molecule has 0 aromatic heterocycles. The Morgan fingerprint density at radius 2 is 1.94 bits per heavy atom. The van der Waals surface area contributed by atoms with E-state index in [1.807, 2.05) is 0 Å². The Balaban J connectivity index is 3.26. The van der Waals surface area contributed by atoms with Gasteiger partial charge in [0, 0.05) is 0 Å². The second kappa shape index (κ2) is 5.40. The van der Waals surface area contributed by atoms with E-state index in [4.69, 9.17) is 10.8 Å². The highest BCUT2D eigenvalue weighted by atomic mass is 32.2. The Hall–Kier alpha value is -1.54. The first-order valence-corrected chi connectivity index (χ1v) is 6.47. The first-order chi connectivity index (χ1) is 8.30. The van der Waals surface area contributed by atoms with Gasteiger partial charge in [0.05, 0.1) is 4.90 Å². The fourth-order valence-corrected chi connectivity index (χ4v) is 2.95. The van der Waals surface area contributed by atoms with Crippen LogP contribution in [0.4, 0.5) is 8.78 Å². The van der Waals surface area contributed by atoms with E-state index in [0.717, 1.165) is 6.07 Å². The second-order valence-electron chi connectivity index (χ2n) is 3.53. The number of carboxylic acids is 1. The fraction of sp³-hybridized carbons (Fsp3) is 0.300. The predicted molar refractivity (Wildman–Crippen MR) is 58.6 cm³/mol. The molecular weight excluding hydrogens is 268 g/mol. The molecule has 1 unspecified atom stereocenters. The van der Waals surface area contributed by atoms with Crippen LogP contribution in [0.2, 0.25) is 0 Å². The monoisotopic (exact) mass is 279 g/mol. The lowest BCUT2D eigenvalue weighted by Crippen LogP contribution is -2.32. The number of aliphatic carboxylic acids is 1. The summed E-state index contributed by atoms with van der Waals surface area (Å²) in [4.78, 5) is 10.3. The number of rotatable bonds is 5. The third kappa shape index (κ3) is 2.82. The van der Waals surface area contributed by atoms with Crippen molar-refractivity contribution in [1.29, 1.82) is 0 Å². The zero-order valence-corrected chi connectivity index (χ0v) is 9.95. The van der Waals surface area contributed by atoms with E-state index >= 15 is 0 Å². The Labute approximate surface area is 102 Å². The molecule has 0 fully saturated rings. The van der Waals surface area contributed by atoms with E-state index < -0.39 is 37.6 Å². The molecule has 1 atom stereocenters. The van der Waals surface area contributed by atoms with Gasteiger partial charge in [-0.3, -0.25) is 4.79 Å². The summed E-state index contributed by atoms with van der Waals surface area (Å²) in [6.07, 6.45) is -0.309. The summed E-state index contributed by atoms with van der Waals surface area (Å²) >= 11 is 0. The zero-order valence-electron chi connectivity index (χ0n) is 9.14. The topological polar surface area (TPSA) is 97.5 Å². The van der Waals surface area contributed by atoms with Crippen LogP contribution in [0.1, 0.15) is 6.42 Å². The highest BCUT2D eigenvalue weighted by molar-refractivity contribution is 7.92. The maximum Gasteiger partial charge on any atom is 0.322 e. The molecule has 1 aromatic rings. The van der Waals surface area contributed by atoms with Crippen molar-refractivity contribution in [3.63, 3.8) is 0 Å². The van der Waals surface area contributed by atoms with Crippen molar-refractivity contribution < 1.29 is 27.1 Å². The summed E-state index contributed by atoms with van der Waals surface area (Å²) in [5.41, 5.74) is 5.13. The summed E-state index contributed by atoms with van der Waals surface area (Å²) in [5.74, 6) is -4.14. The molecule has 0 aliphatic heterocycles. The number of hydrogen-bond donors (Lipinski definition) is 2.